The number of ether oxygens (including phenoxy) is 1. The van der Waals surface area contributed by atoms with Gasteiger partial charge in [0.2, 0.25) is 5.91 Å². The van der Waals surface area contributed by atoms with Crippen LogP contribution in [0.3, 0.4) is 0 Å². The number of hydrogen-bond acceptors (Lipinski definition) is 7. The number of piperidine rings is 1. The second kappa shape index (κ2) is 6.68. The van der Waals surface area contributed by atoms with Gasteiger partial charge in [0.15, 0.2) is 0 Å². The molecule has 8 heteroatoms. The number of carbonyl (C=O) groups excluding carboxylic acids is 1. The molecule has 2 atom stereocenters. The van der Waals surface area contributed by atoms with Crippen LogP contribution in [0.25, 0.3) is 10.2 Å². The summed E-state index contributed by atoms with van der Waals surface area (Å²) in [5.41, 5.74) is 0.907. The van der Waals surface area contributed by atoms with E-state index in [4.69, 9.17) is 4.74 Å². The average molecular weight is 391 g/mol. The van der Waals surface area contributed by atoms with E-state index in [0.29, 0.717) is 25.9 Å². The molecular weight excluding hydrogens is 364 g/mol. The van der Waals surface area contributed by atoms with E-state index in [1.165, 1.54) is 12.5 Å². The Labute approximate surface area is 162 Å². The van der Waals surface area contributed by atoms with Crippen LogP contribution in [0.2, 0.25) is 0 Å². The maximum absolute atomic E-state index is 11.6. The second-order valence-corrected chi connectivity index (χ2v) is 8.82. The van der Waals surface area contributed by atoms with Gasteiger partial charge in [-0.25, -0.2) is 9.97 Å². The zero-order valence-electron chi connectivity index (χ0n) is 16.0. The van der Waals surface area contributed by atoms with E-state index in [1.807, 2.05) is 6.92 Å². The van der Waals surface area contributed by atoms with Crippen LogP contribution in [0.1, 0.15) is 38.7 Å². The number of aryl methyl sites for hydroxylation is 1. The van der Waals surface area contributed by atoms with Crippen LogP contribution < -0.4 is 10.2 Å². The molecular formula is C19H26N4O3S. The molecule has 2 N–H and O–H groups in total. The number of aliphatic hydroxyl groups is 1. The first-order valence-corrected chi connectivity index (χ1v) is 10.3. The molecule has 2 aromatic rings. The van der Waals surface area contributed by atoms with E-state index in [-0.39, 0.29) is 5.91 Å². The Morgan fingerprint density at radius 2 is 2.11 bits per heavy atom. The number of fused-ring (bicyclic) bond motifs is 1. The van der Waals surface area contributed by atoms with Gasteiger partial charge in [-0.2, -0.15) is 0 Å². The van der Waals surface area contributed by atoms with Crippen molar-refractivity contribution in [2.45, 2.75) is 57.3 Å². The number of nitrogens with one attached hydrogen (secondary N) is 1. The topological polar surface area (TPSA) is 87.6 Å². The Hall–Kier alpha value is -1.77. The fourth-order valence-electron chi connectivity index (χ4n) is 4.49. The summed E-state index contributed by atoms with van der Waals surface area (Å²) < 4.78 is 7.22. The molecule has 1 spiro atoms. The Morgan fingerprint density at radius 3 is 2.81 bits per heavy atom. The highest BCUT2D eigenvalue weighted by Gasteiger charge is 2.53. The maximum Gasteiger partial charge on any atom is 0.217 e. The number of nitrogens with zero attached hydrogens (tertiary/aromatic N) is 3. The van der Waals surface area contributed by atoms with Gasteiger partial charge >= 0.3 is 0 Å². The third-order valence-corrected chi connectivity index (χ3v) is 7.08. The third-order valence-electron chi connectivity index (χ3n) is 6.00. The molecule has 2 fully saturated rings. The van der Waals surface area contributed by atoms with E-state index in [0.717, 1.165) is 29.1 Å². The van der Waals surface area contributed by atoms with Gasteiger partial charge in [0.25, 0.3) is 0 Å². The number of anilines is 1. The molecule has 27 heavy (non-hydrogen) atoms. The van der Waals surface area contributed by atoms with Gasteiger partial charge in [-0.1, -0.05) is 0 Å². The second-order valence-electron chi connectivity index (χ2n) is 7.95. The SMILES string of the molecule is CC(=O)N[C@@]1(C)CCOC2(CCN(c3ncnc4c(C)csc34)CC2)[C@@H]1O. The molecule has 0 unspecified atom stereocenters. The van der Waals surface area contributed by atoms with Crippen LogP contribution in [-0.2, 0) is 9.53 Å². The first kappa shape index (κ1) is 18.6. The summed E-state index contributed by atoms with van der Waals surface area (Å²) in [7, 11) is 0. The van der Waals surface area contributed by atoms with Crippen LogP contribution >= 0.6 is 11.3 Å². The molecule has 2 aliphatic heterocycles. The lowest BCUT2D eigenvalue weighted by molar-refractivity contribution is -0.198. The molecule has 146 valence electrons. The molecule has 1 amide bonds. The summed E-state index contributed by atoms with van der Waals surface area (Å²) in [6, 6.07) is 0. The minimum atomic E-state index is -0.737. The first-order valence-electron chi connectivity index (χ1n) is 9.39. The number of thiophene rings is 1. The highest BCUT2D eigenvalue weighted by atomic mass is 32.1. The highest BCUT2D eigenvalue weighted by molar-refractivity contribution is 7.18. The van der Waals surface area contributed by atoms with Crippen molar-refractivity contribution < 1.29 is 14.6 Å². The molecule has 2 aliphatic rings. The summed E-state index contributed by atoms with van der Waals surface area (Å²) >= 11 is 1.67. The van der Waals surface area contributed by atoms with Crippen LogP contribution in [0, 0.1) is 6.92 Å². The quantitative estimate of drug-likeness (QED) is 0.816. The fourth-order valence-corrected chi connectivity index (χ4v) is 5.51. The normalized spacial score (nSPS) is 27.9. The molecule has 2 aromatic heterocycles. The highest BCUT2D eigenvalue weighted by Crippen LogP contribution is 2.41. The Bertz CT molecular complexity index is 862. The number of amides is 1. The van der Waals surface area contributed by atoms with Crippen molar-refractivity contribution in [2.75, 3.05) is 24.6 Å². The first-order chi connectivity index (χ1) is 12.8. The van der Waals surface area contributed by atoms with E-state index < -0.39 is 17.2 Å². The van der Waals surface area contributed by atoms with Gasteiger partial charge in [0, 0.05) is 26.6 Å². The minimum absolute atomic E-state index is 0.123. The predicted octanol–water partition coefficient (Wildman–Crippen LogP) is 2.01. The number of hydrogen-bond donors (Lipinski definition) is 2. The average Bonchev–Trinajstić information content (AvgIpc) is 3.01. The van der Waals surface area contributed by atoms with Gasteiger partial charge in [-0.3, -0.25) is 4.79 Å². The minimum Gasteiger partial charge on any atom is -0.388 e. The monoisotopic (exact) mass is 390 g/mol. The standard InChI is InChI=1S/C19H26N4O3S/c1-12-10-27-15-14(12)20-11-21-16(15)23-7-4-19(5-8-23)17(25)18(3,6-9-26-19)22-13(2)24/h10-11,17,25H,4-9H2,1-3H3,(H,22,24)/t17-,18+/m1/s1. The largest absolute Gasteiger partial charge is 0.388 e. The van der Waals surface area contributed by atoms with E-state index >= 15 is 0 Å². The van der Waals surface area contributed by atoms with Crippen molar-refractivity contribution in [3.8, 4) is 0 Å². The lowest BCUT2D eigenvalue weighted by Crippen LogP contribution is -2.69. The van der Waals surface area contributed by atoms with Crippen molar-refractivity contribution in [1.82, 2.24) is 15.3 Å². The van der Waals surface area contributed by atoms with E-state index in [9.17, 15) is 9.90 Å². The Morgan fingerprint density at radius 1 is 1.37 bits per heavy atom. The molecule has 0 bridgehead atoms. The summed E-state index contributed by atoms with van der Waals surface area (Å²) in [6.07, 6.45) is 2.89. The lowest BCUT2D eigenvalue weighted by Gasteiger charge is -2.53. The number of aliphatic hydroxyl groups excluding tert-OH is 1. The molecule has 0 aliphatic carbocycles. The van der Waals surface area contributed by atoms with Crippen molar-refractivity contribution in [2.24, 2.45) is 0 Å². The van der Waals surface area contributed by atoms with Crippen LogP contribution in [-0.4, -0.2) is 57.9 Å². The number of carbonyl (C=O) groups is 1. The molecule has 0 aromatic carbocycles. The Kier molecular flexibility index (Phi) is 4.60. The van der Waals surface area contributed by atoms with Gasteiger partial charge in [-0.05, 0) is 44.1 Å². The zero-order valence-corrected chi connectivity index (χ0v) is 16.8. The van der Waals surface area contributed by atoms with Crippen molar-refractivity contribution in [3.63, 3.8) is 0 Å². The van der Waals surface area contributed by atoms with Gasteiger partial charge in [0.1, 0.15) is 18.2 Å². The van der Waals surface area contributed by atoms with E-state index in [1.54, 1.807) is 17.7 Å². The Balaban J connectivity index is 1.55. The summed E-state index contributed by atoms with van der Waals surface area (Å²) in [5, 5.41) is 16.2. The van der Waals surface area contributed by atoms with Gasteiger partial charge in [0.05, 0.1) is 21.4 Å². The van der Waals surface area contributed by atoms with Gasteiger partial charge in [-0.15, -0.1) is 11.3 Å². The lowest BCUT2D eigenvalue weighted by atomic mass is 9.73. The summed E-state index contributed by atoms with van der Waals surface area (Å²) in [4.78, 5) is 22.8. The fraction of sp³-hybridized carbons (Fsp3) is 0.632. The zero-order chi connectivity index (χ0) is 19.2. The molecule has 7 nitrogen and oxygen atoms in total. The van der Waals surface area contributed by atoms with Crippen molar-refractivity contribution in [3.05, 3.63) is 17.3 Å². The summed E-state index contributed by atoms with van der Waals surface area (Å²) in [5.74, 6) is 0.838. The predicted molar refractivity (Wildman–Crippen MR) is 105 cm³/mol. The van der Waals surface area contributed by atoms with Crippen LogP contribution in [0.5, 0.6) is 0 Å². The molecule has 2 saturated heterocycles. The van der Waals surface area contributed by atoms with E-state index in [2.05, 4.69) is 32.5 Å². The van der Waals surface area contributed by atoms with Crippen LogP contribution in [0.15, 0.2) is 11.7 Å². The van der Waals surface area contributed by atoms with Gasteiger partial charge < -0.3 is 20.1 Å². The van der Waals surface area contributed by atoms with Crippen molar-refractivity contribution >= 4 is 33.3 Å². The van der Waals surface area contributed by atoms with Crippen molar-refractivity contribution in [1.29, 1.82) is 0 Å². The smallest absolute Gasteiger partial charge is 0.217 e. The number of aromatic nitrogens is 2. The molecule has 4 heterocycles. The number of rotatable bonds is 2. The third kappa shape index (κ3) is 3.09. The molecule has 0 radical (unpaired) electrons. The maximum atomic E-state index is 11.6. The molecule has 0 saturated carbocycles. The molecule has 4 rings (SSSR count). The van der Waals surface area contributed by atoms with Crippen LogP contribution in [0.4, 0.5) is 5.82 Å². The summed E-state index contributed by atoms with van der Waals surface area (Å²) in [6.45, 7) is 7.50.